The third-order valence-corrected chi connectivity index (χ3v) is 5.83. The lowest BCUT2D eigenvalue weighted by Crippen LogP contribution is -2.48. The number of aliphatic imine (C=N–C) groups is 1. The molecule has 26 heavy (non-hydrogen) atoms. The maximum absolute atomic E-state index is 6.08. The third-order valence-electron chi connectivity index (χ3n) is 5.83. The maximum Gasteiger partial charge on any atom is 0.193 e. The van der Waals surface area contributed by atoms with Crippen LogP contribution < -0.4 is 5.32 Å². The number of piperidine rings is 1. The van der Waals surface area contributed by atoms with Crippen LogP contribution in [0.3, 0.4) is 0 Å². The molecule has 0 aromatic heterocycles. The molecule has 1 aromatic carbocycles. The molecule has 5 heteroatoms. The molecule has 2 aliphatic heterocycles. The first-order chi connectivity index (χ1) is 12.8. The number of ether oxygens (including phenoxy) is 2. The Labute approximate surface area is 156 Å². The highest BCUT2D eigenvalue weighted by Gasteiger charge is 2.39. The Balaban J connectivity index is 1.20. The van der Waals surface area contributed by atoms with E-state index in [1.165, 1.54) is 18.4 Å². The smallest absolute Gasteiger partial charge is 0.193 e. The summed E-state index contributed by atoms with van der Waals surface area (Å²) >= 11 is 0. The van der Waals surface area contributed by atoms with Crippen molar-refractivity contribution in [2.45, 2.75) is 56.3 Å². The van der Waals surface area contributed by atoms with Gasteiger partial charge in [-0.15, -0.1) is 0 Å². The van der Waals surface area contributed by atoms with Crippen LogP contribution in [-0.2, 0) is 9.47 Å². The molecule has 3 aliphatic rings. The molecule has 3 fully saturated rings. The molecule has 142 valence electrons. The molecular weight excluding hydrogens is 326 g/mol. The van der Waals surface area contributed by atoms with E-state index in [-0.39, 0.29) is 0 Å². The first kappa shape index (κ1) is 17.8. The van der Waals surface area contributed by atoms with Crippen LogP contribution in [0.5, 0.6) is 0 Å². The molecule has 1 N–H and O–H groups in total. The van der Waals surface area contributed by atoms with E-state index in [9.17, 15) is 0 Å². The summed E-state index contributed by atoms with van der Waals surface area (Å²) in [6.07, 6.45) is 6.36. The minimum Gasteiger partial charge on any atom is -0.376 e. The Hall–Kier alpha value is -1.59. The number of hydrogen-bond donors (Lipinski definition) is 1. The number of nitrogens with one attached hydrogen (secondary N) is 1. The summed E-state index contributed by atoms with van der Waals surface area (Å²) in [4.78, 5) is 6.91. The minimum atomic E-state index is 0.326. The van der Waals surface area contributed by atoms with Gasteiger partial charge in [-0.2, -0.15) is 0 Å². The summed E-state index contributed by atoms with van der Waals surface area (Å²) in [5.41, 5.74) is 1.43. The minimum absolute atomic E-state index is 0.326. The molecule has 4 rings (SSSR count). The highest BCUT2D eigenvalue weighted by atomic mass is 16.5. The Kier molecular flexibility index (Phi) is 5.75. The molecule has 5 nitrogen and oxygen atoms in total. The van der Waals surface area contributed by atoms with E-state index in [1.54, 1.807) is 0 Å². The Morgan fingerprint density at radius 1 is 1.23 bits per heavy atom. The van der Waals surface area contributed by atoms with Gasteiger partial charge in [0.05, 0.1) is 18.8 Å². The summed E-state index contributed by atoms with van der Waals surface area (Å²) in [7, 11) is 1.89. The van der Waals surface area contributed by atoms with Gasteiger partial charge in [0.25, 0.3) is 0 Å². The van der Waals surface area contributed by atoms with Gasteiger partial charge < -0.3 is 19.7 Å². The third kappa shape index (κ3) is 4.38. The zero-order valence-electron chi connectivity index (χ0n) is 15.8. The highest BCUT2D eigenvalue weighted by molar-refractivity contribution is 5.80. The quantitative estimate of drug-likeness (QED) is 0.650. The number of nitrogens with zero attached hydrogens (tertiary/aromatic N) is 2. The van der Waals surface area contributed by atoms with Crippen LogP contribution in [-0.4, -0.2) is 62.5 Å². The summed E-state index contributed by atoms with van der Waals surface area (Å²) in [6.45, 7) is 3.69. The average Bonchev–Trinajstić information content (AvgIpc) is 3.27. The molecule has 3 unspecified atom stereocenters. The fourth-order valence-corrected chi connectivity index (χ4v) is 4.14. The molecule has 3 atom stereocenters. The fourth-order valence-electron chi connectivity index (χ4n) is 4.14. The summed E-state index contributed by atoms with van der Waals surface area (Å²) in [5.74, 6) is 1.67. The van der Waals surface area contributed by atoms with Gasteiger partial charge in [-0.1, -0.05) is 30.3 Å². The van der Waals surface area contributed by atoms with Gasteiger partial charge in [-0.3, -0.25) is 4.99 Å². The van der Waals surface area contributed by atoms with E-state index >= 15 is 0 Å². The predicted molar refractivity (Wildman–Crippen MR) is 104 cm³/mol. The van der Waals surface area contributed by atoms with Crippen molar-refractivity contribution in [1.29, 1.82) is 0 Å². The predicted octanol–water partition coefficient (Wildman–Crippen LogP) is 2.78. The van der Waals surface area contributed by atoms with Gasteiger partial charge in [0.15, 0.2) is 5.96 Å². The number of benzene rings is 1. The SMILES string of the molecule is CN=C(NC1CC1c1ccccc1)N1CCC(OCC2CCCO2)CC1. The molecular formula is C21H31N3O2. The molecule has 1 saturated carbocycles. The van der Waals surface area contributed by atoms with Crippen molar-refractivity contribution in [3.05, 3.63) is 35.9 Å². The lowest BCUT2D eigenvalue weighted by Gasteiger charge is -2.34. The standard InChI is InChI=1S/C21H31N3O2/c1-22-21(23-20-14-19(20)16-6-3-2-4-7-16)24-11-9-17(10-12-24)26-15-18-8-5-13-25-18/h2-4,6-7,17-20H,5,8-15H2,1H3,(H,22,23). The van der Waals surface area contributed by atoms with Crippen LogP contribution in [0.15, 0.2) is 35.3 Å². The van der Waals surface area contributed by atoms with Crippen molar-refractivity contribution in [3.8, 4) is 0 Å². The van der Waals surface area contributed by atoms with Crippen molar-refractivity contribution >= 4 is 5.96 Å². The van der Waals surface area contributed by atoms with E-state index in [2.05, 4.69) is 45.5 Å². The monoisotopic (exact) mass is 357 g/mol. The average molecular weight is 357 g/mol. The lowest BCUT2D eigenvalue weighted by molar-refractivity contribution is -0.0367. The van der Waals surface area contributed by atoms with E-state index in [4.69, 9.17) is 9.47 Å². The van der Waals surface area contributed by atoms with Crippen LogP contribution in [0.1, 0.15) is 43.6 Å². The van der Waals surface area contributed by atoms with E-state index in [1.807, 2.05) is 7.05 Å². The Morgan fingerprint density at radius 2 is 2.04 bits per heavy atom. The molecule has 0 amide bonds. The zero-order valence-corrected chi connectivity index (χ0v) is 15.8. The Bertz CT molecular complexity index is 593. The van der Waals surface area contributed by atoms with Crippen molar-refractivity contribution in [2.75, 3.05) is 33.4 Å². The maximum atomic E-state index is 6.08. The van der Waals surface area contributed by atoms with Crippen LogP contribution in [0.4, 0.5) is 0 Å². The van der Waals surface area contributed by atoms with Crippen molar-refractivity contribution in [1.82, 2.24) is 10.2 Å². The summed E-state index contributed by atoms with van der Waals surface area (Å²) in [6, 6.07) is 11.3. The molecule has 0 radical (unpaired) electrons. The first-order valence-electron chi connectivity index (χ1n) is 10.1. The fraction of sp³-hybridized carbons (Fsp3) is 0.667. The van der Waals surface area contributed by atoms with Crippen LogP contribution >= 0.6 is 0 Å². The molecule has 1 aromatic rings. The number of likely N-dealkylation sites (tertiary alicyclic amines) is 1. The lowest BCUT2D eigenvalue weighted by atomic mass is 10.1. The molecule has 2 saturated heterocycles. The number of guanidine groups is 1. The molecule has 1 aliphatic carbocycles. The van der Waals surface area contributed by atoms with Gasteiger partial charge >= 0.3 is 0 Å². The normalized spacial score (nSPS) is 29.8. The van der Waals surface area contributed by atoms with Crippen molar-refractivity contribution in [3.63, 3.8) is 0 Å². The second-order valence-electron chi connectivity index (χ2n) is 7.71. The second-order valence-corrected chi connectivity index (χ2v) is 7.71. The van der Waals surface area contributed by atoms with Gasteiger partial charge in [-0.05, 0) is 37.7 Å². The topological polar surface area (TPSA) is 46.1 Å². The molecule has 2 heterocycles. The van der Waals surface area contributed by atoms with E-state index in [0.717, 1.165) is 51.5 Å². The Morgan fingerprint density at radius 3 is 2.73 bits per heavy atom. The van der Waals surface area contributed by atoms with E-state index in [0.29, 0.717) is 24.2 Å². The van der Waals surface area contributed by atoms with Crippen molar-refractivity contribution in [2.24, 2.45) is 4.99 Å². The van der Waals surface area contributed by atoms with E-state index < -0.39 is 0 Å². The number of hydrogen-bond acceptors (Lipinski definition) is 3. The largest absolute Gasteiger partial charge is 0.376 e. The summed E-state index contributed by atoms with van der Waals surface area (Å²) < 4.78 is 11.7. The molecule has 0 spiro atoms. The van der Waals surface area contributed by atoms with Gasteiger partial charge in [0.2, 0.25) is 0 Å². The summed E-state index contributed by atoms with van der Waals surface area (Å²) in [5, 5.41) is 3.67. The highest BCUT2D eigenvalue weighted by Crippen LogP contribution is 2.40. The van der Waals surface area contributed by atoms with Crippen LogP contribution in [0.25, 0.3) is 0 Å². The van der Waals surface area contributed by atoms with Crippen LogP contribution in [0.2, 0.25) is 0 Å². The van der Waals surface area contributed by atoms with Gasteiger partial charge in [-0.25, -0.2) is 0 Å². The zero-order chi connectivity index (χ0) is 17.8. The van der Waals surface area contributed by atoms with Crippen molar-refractivity contribution < 1.29 is 9.47 Å². The first-order valence-corrected chi connectivity index (χ1v) is 10.1. The second kappa shape index (κ2) is 8.40. The number of rotatable bonds is 5. The van der Waals surface area contributed by atoms with Crippen LogP contribution in [0, 0.1) is 0 Å². The molecule has 0 bridgehead atoms. The van der Waals surface area contributed by atoms with Gasteiger partial charge in [0.1, 0.15) is 0 Å². The van der Waals surface area contributed by atoms with Gasteiger partial charge in [0, 0.05) is 38.7 Å².